The maximum absolute atomic E-state index is 11.7. The van der Waals surface area contributed by atoms with Gasteiger partial charge < -0.3 is 9.47 Å². The molecule has 0 amide bonds. The first kappa shape index (κ1) is 24.7. The van der Waals surface area contributed by atoms with Crippen LogP contribution in [0.5, 0.6) is 11.5 Å². The van der Waals surface area contributed by atoms with E-state index in [4.69, 9.17) is 14.5 Å². The molecule has 38 heavy (non-hydrogen) atoms. The van der Waals surface area contributed by atoms with E-state index in [9.17, 15) is 15.4 Å². The Morgan fingerprint density at radius 2 is 1.71 bits per heavy atom. The molecule has 0 bridgehead atoms. The van der Waals surface area contributed by atoms with E-state index in [1.807, 2.05) is 48.5 Å². The van der Waals surface area contributed by atoms with E-state index in [-0.39, 0.29) is 16.3 Å². The normalized spacial score (nSPS) is 10.7. The van der Waals surface area contributed by atoms with Gasteiger partial charge in [-0.1, -0.05) is 42.5 Å². The number of nitriles is 1. The maximum Gasteiger partial charge on any atom is 0.301 e. The first-order valence-electron chi connectivity index (χ1n) is 11.5. The Balaban J connectivity index is 1.82. The molecule has 0 saturated carbocycles. The van der Waals surface area contributed by atoms with Crippen LogP contribution in [0.4, 0.5) is 5.69 Å². The molecule has 0 unspecified atom stereocenters. The van der Waals surface area contributed by atoms with Crippen molar-refractivity contribution in [2.24, 2.45) is 0 Å². The van der Waals surface area contributed by atoms with E-state index >= 15 is 0 Å². The van der Waals surface area contributed by atoms with Crippen molar-refractivity contribution >= 4 is 28.2 Å². The van der Waals surface area contributed by atoms with Crippen LogP contribution < -0.4 is 9.47 Å². The second kappa shape index (κ2) is 10.6. The zero-order valence-electron chi connectivity index (χ0n) is 20.4. The van der Waals surface area contributed by atoms with E-state index in [1.165, 1.54) is 18.3 Å². The summed E-state index contributed by atoms with van der Waals surface area (Å²) in [7, 11) is 3.11. The number of nitrogens with zero attached hydrogens (tertiary/aromatic N) is 4. The lowest BCUT2D eigenvalue weighted by Crippen LogP contribution is -1.99. The molecule has 0 aliphatic rings. The molecule has 0 saturated heterocycles. The summed E-state index contributed by atoms with van der Waals surface area (Å²) in [6.07, 6.45) is 1.47. The summed E-state index contributed by atoms with van der Waals surface area (Å²) in [5.74, 6) is 1.12. The number of hydrogen-bond donors (Lipinski definition) is 0. The summed E-state index contributed by atoms with van der Waals surface area (Å²) in [6, 6.07) is 26.2. The largest absolute Gasteiger partial charge is 0.497 e. The highest BCUT2D eigenvalue weighted by Crippen LogP contribution is 2.43. The van der Waals surface area contributed by atoms with Gasteiger partial charge in [0.1, 0.15) is 22.6 Å². The third-order valence-corrected chi connectivity index (χ3v) is 7.00. The van der Waals surface area contributed by atoms with Gasteiger partial charge in [-0.05, 0) is 52.9 Å². The third-order valence-electron chi connectivity index (χ3n) is 6.00. The predicted molar refractivity (Wildman–Crippen MR) is 145 cm³/mol. The molecular weight excluding hydrogens is 500 g/mol. The van der Waals surface area contributed by atoms with Crippen LogP contribution in [0.1, 0.15) is 5.56 Å². The van der Waals surface area contributed by atoms with Crippen molar-refractivity contribution in [1.29, 1.82) is 5.26 Å². The van der Waals surface area contributed by atoms with Gasteiger partial charge in [0.05, 0.1) is 30.4 Å². The number of pyridine rings is 2. The van der Waals surface area contributed by atoms with Crippen LogP contribution in [-0.4, -0.2) is 29.1 Å². The van der Waals surface area contributed by atoms with Gasteiger partial charge in [-0.3, -0.25) is 10.1 Å². The average Bonchev–Trinajstić information content (AvgIpc) is 2.96. The van der Waals surface area contributed by atoms with E-state index in [1.54, 1.807) is 32.4 Å². The molecule has 0 fully saturated rings. The molecule has 8 nitrogen and oxygen atoms in total. The zero-order chi connectivity index (χ0) is 26.6. The smallest absolute Gasteiger partial charge is 0.301 e. The Kier molecular flexibility index (Phi) is 6.89. The van der Waals surface area contributed by atoms with Gasteiger partial charge in [0.2, 0.25) is 0 Å². The topological polar surface area (TPSA) is 111 Å². The average molecular weight is 521 g/mol. The Morgan fingerprint density at radius 3 is 2.47 bits per heavy atom. The number of hydrogen-bond acceptors (Lipinski definition) is 8. The number of fused-ring (bicyclic) bond motifs is 1. The molecule has 0 aliphatic carbocycles. The molecule has 0 atom stereocenters. The first-order valence-corrected chi connectivity index (χ1v) is 12.3. The fraction of sp³-hybridized carbons (Fsp3) is 0.0690. The Labute approximate surface area is 222 Å². The molecule has 0 N–H and O–H groups in total. The van der Waals surface area contributed by atoms with Gasteiger partial charge in [-0.2, -0.15) is 5.26 Å². The van der Waals surface area contributed by atoms with E-state index < -0.39 is 4.92 Å². The lowest BCUT2D eigenvalue weighted by atomic mass is 9.96. The highest BCUT2D eigenvalue weighted by atomic mass is 32.2. The number of ether oxygens (including phenoxy) is 2. The van der Waals surface area contributed by atoms with Crippen molar-refractivity contribution in [3.63, 3.8) is 0 Å². The highest BCUT2D eigenvalue weighted by molar-refractivity contribution is 7.99. The fourth-order valence-corrected chi connectivity index (χ4v) is 5.16. The Bertz CT molecular complexity index is 1730. The zero-order valence-corrected chi connectivity index (χ0v) is 21.2. The molecule has 0 radical (unpaired) electrons. The Morgan fingerprint density at radius 1 is 0.895 bits per heavy atom. The molecule has 3 aromatic carbocycles. The molecule has 186 valence electrons. The molecule has 0 aliphatic heterocycles. The van der Waals surface area contributed by atoms with Crippen LogP contribution >= 0.6 is 11.8 Å². The lowest BCUT2D eigenvalue weighted by molar-refractivity contribution is -0.388. The highest BCUT2D eigenvalue weighted by Gasteiger charge is 2.23. The minimum atomic E-state index is -0.498. The molecule has 0 spiro atoms. The van der Waals surface area contributed by atoms with E-state index in [0.29, 0.717) is 33.3 Å². The fourth-order valence-electron chi connectivity index (χ4n) is 4.22. The van der Waals surface area contributed by atoms with Gasteiger partial charge in [0.25, 0.3) is 0 Å². The summed E-state index contributed by atoms with van der Waals surface area (Å²) in [5, 5.41) is 24.4. The van der Waals surface area contributed by atoms with Gasteiger partial charge in [0, 0.05) is 29.0 Å². The summed E-state index contributed by atoms with van der Waals surface area (Å²) in [5.41, 5.74) is 2.71. The number of benzene rings is 3. The SMILES string of the molecule is COc1ccc(OC)c(-c2cc(-c3cccc4ccccc34)nc(Sc3ncccc3[N+](=O)[O-])c2C#N)c1. The van der Waals surface area contributed by atoms with Crippen LogP contribution in [0.3, 0.4) is 0 Å². The first-order chi connectivity index (χ1) is 18.5. The van der Waals surface area contributed by atoms with Gasteiger partial charge >= 0.3 is 5.69 Å². The molecule has 9 heteroatoms. The maximum atomic E-state index is 11.7. The van der Waals surface area contributed by atoms with Crippen molar-refractivity contribution in [2.75, 3.05) is 14.2 Å². The van der Waals surface area contributed by atoms with Crippen LogP contribution in [-0.2, 0) is 0 Å². The molecular formula is C29H20N4O4S. The number of methoxy groups -OCH3 is 2. The van der Waals surface area contributed by atoms with E-state index in [0.717, 1.165) is 28.1 Å². The van der Waals surface area contributed by atoms with Gasteiger partial charge in [-0.25, -0.2) is 9.97 Å². The van der Waals surface area contributed by atoms with Crippen molar-refractivity contribution in [1.82, 2.24) is 9.97 Å². The minimum absolute atomic E-state index is 0.139. The van der Waals surface area contributed by atoms with E-state index in [2.05, 4.69) is 11.1 Å². The number of rotatable bonds is 7. The summed E-state index contributed by atoms with van der Waals surface area (Å²) >= 11 is 0.982. The van der Waals surface area contributed by atoms with Crippen LogP contribution in [0.25, 0.3) is 33.2 Å². The lowest BCUT2D eigenvalue weighted by Gasteiger charge is -2.16. The predicted octanol–water partition coefficient (Wildman–Crippen LogP) is 6.91. The van der Waals surface area contributed by atoms with Gasteiger partial charge in [0.15, 0.2) is 5.03 Å². The second-order valence-electron chi connectivity index (χ2n) is 8.13. The standard InChI is InChI=1S/C29H20N4O4S/c1-36-19-12-13-27(37-2)23(15-19)22-16-25(21-10-5-8-18-7-3-4-9-20(18)21)32-28(24(22)17-30)38-29-26(33(34)35)11-6-14-31-29/h3-16H,1-2H3. The van der Waals surface area contributed by atoms with Gasteiger partial charge in [-0.15, -0.1) is 0 Å². The van der Waals surface area contributed by atoms with Crippen molar-refractivity contribution in [3.8, 4) is 40.0 Å². The Hall–Kier alpha value is -4.94. The van der Waals surface area contributed by atoms with Crippen LogP contribution in [0, 0.1) is 21.4 Å². The molecule has 2 heterocycles. The molecule has 5 rings (SSSR count). The summed E-state index contributed by atoms with van der Waals surface area (Å²) in [6.45, 7) is 0. The van der Waals surface area contributed by atoms with Crippen LogP contribution in [0.15, 0.2) is 95.1 Å². The third kappa shape index (κ3) is 4.61. The quantitative estimate of drug-likeness (QED) is 0.168. The van der Waals surface area contributed by atoms with Crippen LogP contribution in [0.2, 0.25) is 0 Å². The molecule has 5 aromatic rings. The number of nitro groups is 1. The monoisotopic (exact) mass is 520 g/mol. The minimum Gasteiger partial charge on any atom is -0.497 e. The van der Waals surface area contributed by atoms with Crippen molar-refractivity contribution < 1.29 is 14.4 Å². The summed E-state index contributed by atoms with van der Waals surface area (Å²) < 4.78 is 11.1. The molecule has 2 aromatic heterocycles. The van der Waals surface area contributed by atoms with Crippen molar-refractivity contribution in [2.45, 2.75) is 10.1 Å². The second-order valence-corrected chi connectivity index (χ2v) is 9.10. The summed E-state index contributed by atoms with van der Waals surface area (Å²) in [4.78, 5) is 20.2. The van der Waals surface area contributed by atoms with Crippen molar-refractivity contribution in [3.05, 3.63) is 101 Å². The number of aromatic nitrogens is 2.